The van der Waals surface area contributed by atoms with Gasteiger partial charge in [-0.2, -0.15) is 0 Å². The third-order valence-corrected chi connectivity index (χ3v) is 4.69. The van der Waals surface area contributed by atoms with Crippen molar-refractivity contribution >= 4 is 17.5 Å². The predicted octanol–water partition coefficient (Wildman–Crippen LogP) is 2.30. The Kier molecular flexibility index (Phi) is 5.91. The highest BCUT2D eigenvalue weighted by Gasteiger charge is 2.36. The van der Waals surface area contributed by atoms with Crippen molar-refractivity contribution in [1.82, 2.24) is 4.90 Å². The molecule has 0 bridgehead atoms. The van der Waals surface area contributed by atoms with Crippen LogP contribution in [-0.2, 0) is 14.3 Å². The standard InChI is InChI=1S/C19H26N2O4/c1-24-10-11-25-17-6-2-5-16(12-17)20-18(22)15-4-3-9-21(13-15)19(23)14-7-8-14/h2,5-6,12,14-15H,3-4,7-11,13H2,1H3,(H,20,22)/t15-/m0/s1. The minimum atomic E-state index is -0.144. The van der Waals surface area contributed by atoms with E-state index in [-0.39, 0.29) is 23.7 Å². The van der Waals surface area contributed by atoms with E-state index in [2.05, 4.69) is 5.32 Å². The second kappa shape index (κ2) is 8.34. The van der Waals surface area contributed by atoms with Crippen molar-refractivity contribution in [3.8, 4) is 5.75 Å². The minimum absolute atomic E-state index is 0.0256. The predicted molar refractivity (Wildman–Crippen MR) is 94.5 cm³/mol. The molecule has 1 saturated heterocycles. The number of nitrogens with zero attached hydrogens (tertiary/aromatic N) is 1. The quantitative estimate of drug-likeness (QED) is 0.769. The van der Waals surface area contributed by atoms with Crippen LogP contribution >= 0.6 is 0 Å². The van der Waals surface area contributed by atoms with Crippen LogP contribution in [0.4, 0.5) is 5.69 Å². The third-order valence-electron chi connectivity index (χ3n) is 4.69. The zero-order chi connectivity index (χ0) is 17.6. The highest BCUT2D eigenvalue weighted by atomic mass is 16.5. The fourth-order valence-corrected chi connectivity index (χ4v) is 3.13. The molecule has 0 unspecified atom stereocenters. The second-order valence-electron chi connectivity index (χ2n) is 6.76. The first-order valence-corrected chi connectivity index (χ1v) is 8.99. The van der Waals surface area contributed by atoms with Crippen LogP contribution in [0.1, 0.15) is 25.7 Å². The summed E-state index contributed by atoms with van der Waals surface area (Å²) in [6, 6.07) is 7.35. The number of ether oxygens (including phenoxy) is 2. The van der Waals surface area contributed by atoms with Gasteiger partial charge in [-0.05, 0) is 37.8 Å². The van der Waals surface area contributed by atoms with Crippen molar-refractivity contribution in [2.75, 3.05) is 38.7 Å². The maximum absolute atomic E-state index is 12.6. The van der Waals surface area contributed by atoms with E-state index in [1.54, 1.807) is 7.11 Å². The van der Waals surface area contributed by atoms with Gasteiger partial charge < -0.3 is 19.7 Å². The van der Waals surface area contributed by atoms with E-state index in [0.717, 1.165) is 32.2 Å². The lowest BCUT2D eigenvalue weighted by Crippen LogP contribution is -2.44. The molecule has 1 N–H and O–H groups in total. The normalized spacial score (nSPS) is 20.2. The van der Waals surface area contributed by atoms with Crippen LogP contribution in [0.3, 0.4) is 0 Å². The number of hydrogen-bond acceptors (Lipinski definition) is 4. The first-order chi connectivity index (χ1) is 12.2. The van der Waals surface area contributed by atoms with Crippen LogP contribution in [0.5, 0.6) is 5.75 Å². The molecule has 0 aromatic heterocycles. The molecule has 6 heteroatoms. The third kappa shape index (κ3) is 4.95. The Morgan fingerprint density at radius 1 is 1.20 bits per heavy atom. The molecule has 1 heterocycles. The molecule has 1 saturated carbocycles. The molecule has 1 aromatic rings. The number of methoxy groups -OCH3 is 1. The van der Waals surface area contributed by atoms with Crippen LogP contribution in [0.2, 0.25) is 0 Å². The first kappa shape index (κ1) is 17.7. The molecular formula is C19H26N2O4. The summed E-state index contributed by atoms with van der Waals surface area (Å²) in [6.45, 7) is 2.30. The number of nitrogens with one attached hydrogen (secondary N) is 1. The molecule has 2 aliphatic rings. The van der Waals surface area contributed by atoms with Gasteiger partial charge in [0.2, 0.25) is 11.8 Å². The Balaban J connectivity index is 1.54. The largest absolute Gasteiger partial charge is 0.491 e. The number of rotatable bonds is 7. The average molecular weight is 346 g/mol. The molecule has 2 fully saturated rings. The SMILES string of the molecule is COCCOc1cccc(NC(=O)[C@H]2CCCN(C(=O)C3CC3)C2)c1. The summed E-state index contributed by atoms with van der Waals surface area (Å²) in [4.78, 5) is 26.7. The van der Waals surface area contributed by atoms with Crippen LogP contribution in [0.25, 0.3) is 0 Å². The van der Waals surface area contributed by atoms with Crippen molar-refractivity contribution < 1.29 is 19.1 Å². The molecule has 1 atom stereocenters. The van der Waals surface area contributed by atoms with E-state index in [1.807, 2.05) is 29.2 Å². The Morgan fingerprint density at radius 3 is 2.80 bits per heavy atom. The number of piperidine rings is 1. The topological polar surface area (TPSA) is 67.9 Å². The molecular weight excluding hydrogens is 320 g/mol. The first-order valence-electron chi connectivity index (χ1n) is 8.99. The number of likely N-dealkylation sites (tertiary alicyclic amines) is 1. The summed E-state index contributed by atoms with van der Waals surface area (Å²) in [5.74, 6) is 0.967. The average Bonchev–Trinajstić information content (AvgIpc) is 3.47. The molecule has 6 nitrogen and oxygen atoms in total. The van der Waals surface area contributed by atoms with Crippen molar-refractivity contribution in [3.05, 3.63) is 24.3 Å². The Bertz CT molecular complexity index is 615. The summed E-state index contributed by atoms with van der Waals surface area (Å²) in [5.41, 5.74) is 0.713. The van der Waals surface area contributed by atoms with E-state index < -0.39 is 0 Å². The molecule has 1 aliphatic carbocycles. The van der Waals surface area contributed by atoms with Gasteiger partial charge >= 0.3 is 0 Å². The van der Waals surface area contributed by atoms with E-state index >= 15 is 0 Å². The van der Waals surface area contributed by atoms with Crippen molar-refractivity contribution in [2.24, 2.45) is 11.8 Å². The van der Waals surface area contributed by atoms with Gasteiger partial charge in [0.1, 0.15) is 12.4 Å². The van der Waals surface area contributed by atoms with Gasteiger partial charge in [-0.15, -0.1) is 0 Å². The lowest BCUT2D eigenvalue weighted by Gasteiger charge is -2.32. The molecule has 0 radical (unpaired) electrons. The van der Waals surface area contributed by atoms with Gasteiger partial charge in [-0.3, -0.25) is 9.59 Å². The molecule has 3 rings (SSSR count). The van der Waals surface area contributed by atoms with Gasteiger partial charge in [-0.25, -0.2) is 0 Å². The van der Waals surface area contributed by atoms with Crippen molar-refractivity contribution in [3.63, 3.8) is 0 Å². The number of carbonyl (C=O) groups is 2. The van der Waals surface area contributed by atoms with E-state index in [4.69, 9.17) is 9.47 Å². The molecule has 0 spiro atoms. The lowest BCUT2D eigenvalue weighted by molar-refractivity contribution is -0.135. The van der Waals surface area contributed by atoms with Crippen LogP contribution < -0.4 is 10.1 Å². The summed E-state index contributed by atoms with van der Waals surface area (Å²) in [7, 11) is 1.63. The van der Waals surface area contributed by atoms with Crippen molar-refractivity contribution in [2.45, 2.75) is 25.7 Å². The lowest BCUT2D eigenvalue weighted by atomic mass is 9.96. The molecule has 1 aromatic carbocycles. The van der Waals surface area contributed by atoms with Gasteiger partial charge in [-0.1, -0.05) is 6.07 Å². The second-order valence-corrected chi connectivity index (χ2v) is 6.76. The van der Waals surface area contributed by atoms with E-state index in [1.165, 1.54) is 0 Å². The molecule has 2 amide bonds. The minimum Gasteiger partial charge on any atom is -0.491 e. The van der Waals surface area contributed by atoms with Gasteiger partial charge in [0.25, 0.3) is 0 Å². The van der Waals surface area contributed by atoms with E-state index in [0.29, 0.717) is 31.2 Å². The molecule has 136 valence electrons. The van der Waals surface area contributed by atoms with E-state index in [9.17, 15) is 9.59 Å². The molecule has 1 aliphatic heterocycles. The zero-order valence-electron chi connectivity index (χ0n) is 14.7. The van der Waals surface area contributed by atoms with Crippen molar-refractivity contribution in [1.29, 1.82) is 0 Å². The van der Waals surface area contributed by atoms with Crippen LogP contribution in [0, 0.1) is 11.8 Å². The number of benzene rings is 1. The number of anilines is 1. The fraction of sp³-hybridized carbons (Fsp3) is 0.579. The monoisotopic (exact) mass is 346 g/mol. The van der Waals surface area contributed by atoms with Gasteiger partial charge in [0.15, 0.2) is 0 Å². The number of hydrogen-bond donors (Lipinski definition) is 1. The maximum atomic E-state index is 12.6. The Labute approximate surface area is 148 Å². The highest BCUT2D eigenvalue weighted by Crippen LogP contribution is 2.32. The summed E-state index contributed by atoms with van der Waals surface area (Å²) in [6.07, 6.45) is 3.71. The summed E-state index contributed by atoms with van der Waals surface area (Å²) in [5, 5.41) is 2.96. The molecule has 25 heavy (non-hydrogen) atoms. The number of amides is 2. The van der Waals surface area contributed by atoms with Gasteiger partial charge in [0, 0.05) is 37.9 Å². The zero-order valence-corrected chi connectivity index (χ0v) is 14.7. The summed E-state index contributed by atoms with van der Waals surface area (Å²) < 4.78 is 10.5. The fourth-order valence-electron chi connectivity index (χ4n) is 3.13. The highest BCUT2D eigenvalue weighted by molar-refractivity contribution is 5.93. The maximum Gasteiger partial charge on any atom is 0.229 e. The smallest absolute Gasteiger partial charge is 0.229 e. The summed E-state index contributed by atoms with van der Waals surface area (Å²) >= 11 is 0. The number of carbonyl (C=O) groups excluding carboxylic acids is 2. The van der Waals surface area contributed by atoms with Gasteiger partial charge in [0.05, 0.1) is 12.5 Å². The Hall–Kier alpha value is -2.08. The van der Waals surface area contributed by atoms with Crippen LogP contribution in [-0.4, -0.2) is 50.1 Å². The Morgan fingerprint density at radius 2 is 2.04 bits per heavy atom. The van der Waals surface area contributed by atoms with Crippen LogP contribution in [0.15, 0.2) is 24.3 Å².